The van der Waals surface area contributed by atoms with Crippen LogP contribution in [0.15, 0.2) is 303 Å². The van der Waals surface area contributed by atoms with Crippen LogP contribution in [0.25, 0.3) is 43.1 Å². The van der Waals surface area contributed by atoms with Gasteiger partial charge in [-0.3, -0.25) is 0 Å². The highest BCUT2D eigenvalue weighted by Crippen LogP contribution is 2.54. The predicted octanol–water partition coefficient (Wildman–Crippen LogP) is 20.2. The van der Waals surface area contributed by atoms with Crippen LogP contribution in [0.5, 0.6) is 0 Å². The highest BCUT2D eigenvalue weighted by atomic mass is 15.2. The van der Waals surface area contributed by atoms with Crippen molar-refractivity contribution in [2.45, 2.75) is 0 Å². The molecule has 0 aliphatic rings. The lowest BCUT2D eigenvalue weighted by Gasteiger charge is -2.34. The molecule has 0 N–H and O–H groups in total. The van der Waals surface area contributed by atoms with Gasteiger partial charge in [-0.1, -0.05) is 182 Å². The van der Waals surface area contributed by atoms with Crippen LogP contribution in [0.2, 0.25) is 0 Å². The molecular formula is C70H50N4. The van der Waals surface area contributed by atoms with E-state index >= 15 is 0 Å². The van der Waals surface area contributed by atoms with Crippen LogP contribution in [0.1, 0.15) is 0 Å². The first-order chi connectivity index (χ1) is 36.7. The molecule has 0 amide bonds. The van der Waals surface area contributed by atoms with Crippen molar-refractivity contribution in [1.82, 2.24) is 0 Å². The van der Waals surface area contributed by atoms with Gasteiger partial charge in [0.25, 0.3) is 0 Å². The smallest absolute Gasteiger partial charge is 0.0620 e. The van der Waals surface area contributed by atoms with Gasteiger partial charge in [0.2, 0.25) is 0 Å². The molecule has 0 saturated heterocycles. The zero-order valence-corrected chi connectivity index (χ0v) is 40.7. The van der Waals surface area contributed by atoms with Gasteiger partial charge in [0.1, 0.15) is 0 Å². The lowest BCUT2D eigenvalue weighted by atomic mass is 9.93. The fourth-order valence-electron chi connectivity index (χ4n) is 10.7. The quantitative estimate of drug-likeness (QED) is 0.0894. The molecule has 0 aromatic heterocycles. The first kappa shape index (κ1) is 44.1. The minimum absolute atomic E-state index is 1.04. The second-order valence-electron chi connectivity index (χ2n) is 18.6. The summed E-state index contributed by atoms with van der Waals surface area (Å²) in [5.74, 6) is 0. The van der Waals surface area contributed by atoms with E-state index < -0.39 is 0 Å². The van der Waals surface area contributed by atoms with Crippen LogP contribution in [0.4, 0.5) is 68.2 Å². The summed E-state index contributed by atoms with van der Waals surface area (Å²) >= 11 is 0. The van der Waals surface area contributed by atoms with Crippen molar-refractivity contribution in [3.05, 3.63) is 303 Å². The number of nitrogens with zero attached hydrogens (tertiary/aromatic N) is 4. The van der Waals surface area contributed by atoms with Gasteiger partial charge in [-0.25, -0.2) is 0 Å². The van der Waals surface area contributed by atoms with Crippen LogP contribution >= 0.6 is 0 Å². The molecule has 13 rings (SSSR count). The normalized spacial score (nSPS) is 11.2. The Morgan fingerprint density at radius 3 is 0.703 bits per heavy atom. The third-order valence-electron chi connectivity index (χ3n) is 14.1. The number of hydrogen-bond acceptors (Lipinski definition) is 4. The number of hydrogen-bond donors (Lipinski definition) is 0. The summed E-state index contributed by atoms with van der Waals surface area (Å²) in [6, 6.07) is 110. The van der Waals surface area contributed by atoms with Crippen molar-refractivity contribution in [2.75, 3.05) is 19.6 Å². The molecule has 4 nitrogen and oxygen atoms in total. The molecular weight excluding hydrogens is 897 g/mol. The Hall–Kier alpha value is -9.90. The third kappa shape index (κ3) is 8.20. The average Bonchev–Trinajstić information content (AvgIpc) is 3.47. The number of para-hydroxylation sites is 6. The maximum Gasteiger partial charge on any atom is 0.0620 e. The van der Waals surface area contributed by atoms with E-state index in [1.54, 1.807) is 0 Å². The molecule has 13 aromatic rings. The SMILES string of the molecule is c1ccc(N(c2ccccc2)c2ccc3c(N(c4ccccc4)c4ccc5ccccc5c4)c4cc(N(c5ccccc5)c5ccccc5)ccc4c(N(c4ccccc4)c4ccc5ccccc5c4)c3c2)cc1. The fraction of sp³-hybridized carbons (Fsp3) is 0. The second kappa shape index (κ2) is 19.4. The maximum atomic E-state index is 2.48. The zero-order valence-electron chi connectivity index (χ0n) is 40.7. The lowest BCUT2D eigenvalue weighted by Crippen LogP contribution is -2.16. The summed E-state index contributed by atoms with van der Waals surface area (Å²) in [7, 11) is 0. The van der Waals surface area contributed by atoms with Crippen LogP contribution in [-0.2, 0) is 0 Å². The predicted molar refractivity (Wildman–Crippen MR) is 315 cm³/mol. The lowest BCUT2D eigenvalue weighted by molar-refractivity contribution is 1.27. The average molecular weight is 947 g/mol. The molecule has 0 aliphatic carbocycles. The van der Waals surface area contributed by atoms with E-state index in [-0.39, 0.29) is 0 Å². The van der Waals surface area contributed by atoms with Gasteiger partial charge < -0.3 is 19.6 Å². The first-order valence-corrected chi connectivity index (χ1v) is 25.3. The molecule has 0 bridgehead atoms. The topological polar surface area (TPSA) is 13.0 Å². The highest BCUT2D eigenvalue weighted by Gasteiger charge is 2.28. The molecule has 0 heterocycles. The molecule has 0 fully saturated rings. The van der Waals surface area contributed by atoms with Gasteiger partial charge >= 0.3 is 0 Å². The van der Waals surface area contributed by atoms with Crippen LogP contribution in [0, 0.1) is 0 Å². The molecule has 0 radical (unpaired) electrons. The van der Waals surface area contributed by atoms with E-state index in [0.717, 1.165) is 89.8 Å². The first-order valence-electron chi connectivity index (χ1n) is 25.3. The van der Waals surface area contributed by atoms with E-state index in [0.29, 0.717) is 0 Å². The van der Waals surface area contributed by atoms with Crippen LogP contribution < -0.4 is 19.6 Å². The van der Waals surface area contributed by atoms with Crippen molar-refractivity contribution >= 4 is 111 Å². The Balaban J connectivity index is 1.21. The summed E-state index contributed by atoms with van der Waals surface area (Å²) < 4.78 is 0. The summed E-state index contributed by atoms with van der Waals surface area (Å²) in [6.45, 7) is 0. The number of fused-ring (bicyclic) bond motifs is 4. The summed E-state index contributed by atoms with van der Waals surface area (Å²) in [6.07, 6.45) is 0. The Kier molecular flexibility index (Phi) is 11.5. The number of anilines is 12. The minimum atomic E-state index is 1.04. The maximum absolute atomic E-state index is 2.48. The van der Waals surface area contributed by atoms with Gasteiger partial charge in [-0.05, 0) is 143 Å². The van der Waals surface area contributed by atoms with Crippen molar-refractivity contribution in [3.63, 3.8) is 0 Å². The Bertz CT molecular complexity index is 3730. The molecule has 350 valence electrons. The van der Waals surface area contributed by atoms with Crippen LogP contribution in [-0.4, -0.2) is 0 Å². The molecule has 0 saturated carbocycles. The van der Waals surface area contributed by atoms with Crippen LogP contribution in [0.3, 0.4) is 0 Å². The fourth-order valence-corrected chi connectivity index (χ4v) is 10.7. The van der Waals surface area contributed by atoms with E-state index in [9.17, 15) is 0 Å². The van der Waals surface area contributed by atoms with Gasteiger partial charge in [-0.15, -0.1) is 0 Å². The summed E-state index contributed by atoms with van der Waals surface area (Å²) in [5.41, 5.74) is 12.8. The van der Waals surface area contributed by atoms with Crippen molar-refractivity contribution in [2.24, 2.45) is 0 Å². The molecule has 4 heteroatoms. The molecule has 0 spiro atoms. The van der Waals surface area contributed by atoms with E-state index in [1.807, 2.05) is 0 Å². The summed E-state index contributed by atoms with van der Waals surface area (Å²) in [4.78, 5) is 9.70. The molecule has 0 unspecified atom stereocenters. The number of rotatable bonds is 12. The van der Waals surface area contributed by atoms with Crippen molar-refractivity contribution < 1.29 is 0 Å². The highest BCUT2D eigenvalue weighted by molar-refractivity contribution is 6.25. The minimum Gasteiger partial charge on any atom is -0.310 e. The van der Waals surface area contributed by atoms with Gasteiger partial charge in [-0.2, -0.15) is 0 Å². The largest absolute Gasteiger partial charge is 0.310 e. The Morgan fingerprint density at radius 1 is 0.149 bits per heavy atom. The monoisotopic (exact) mass is 946 g/mol. The Labute approximate surface area is 432 Å². The van der Waals surface area contributed by atoms with E-state index in [4.69, 9.17) is 0 Å². The van der Waals surface area contributed by atoms with E-state index in [2.05, 4.69) is 323 Å². The number of benzene rings is 13. The van der Waals surface area contributed by atoms with E-state index in [1.165, 1.54) is 21.5 Å². The molecule has 74 heavy (non-hydrogen) atoms. The van der Waals surface area contributed by atoms with Gasteiger partial charge in [0, 0.05) is 78.4 Å². The zero-order chi connectivity index (χ0) is 49.2. The second-order valence-corrected chi connectivity index (χ2v) is 18.6. The van der Waals surface area contributed by atoms with Crippen molar-refractivity contribution in [1.29, 1.82) is 0 Å². The third-order valence-corrected chi connectivity index (χ3v) is 14.1. The van der Waals surface area contributed by atoms with Gasteiger partial charge in [0.05, 0.1) is 11.4 Å². The standard InChI is InChI=1S/C70H50N4/c1-7-27-55(28-8-1)71(56-29-9-2-10-30-56)63-43-45-65-67(49-63)69(73(59-35-15-5-16-36-59)61-41-39-51-23-19-21-25-53(51)47-61)66-46-44-64(72(57-31-11-3-12-32-57)58-33-13-4-14-34-58)50-68(66)70(65)74(60-37-17-6-18-38-60)62-42-40-52-24-20-22-26-54(52)48-62/h1-50H. The molecule has 13 aromatic carbocycles. The van der Waals surface area contributed by atoms with Gasteiger partial charge in [0.15, 0.2) is 0 Å². The molecule has 0 atom stereocenters. The van der Waals surface area contributed by atoms with Crippen molar-refractivity contribution in [3.8, 4) is 0 Å². The summed E-state index contributed by atoms with van der Waals surface area (Å²) in [5, 5.41) is 9.11. The Morgan fingerprint density at radius 2 is 0.392 bits per heavy atom. The molecule has 0 aliphatic heterocycles.